The van der Waals surface area contributed by atoms with Gasteiger partial charge in [-0.3, -0.25) is 19.2 Å². The number of rotatable bonds is 8. The van der Waals surface area contributed by atoms with E-state index in [1.54, 1.807) is 43.3 Å². The third kappa shape index (κ3) is 5.22. The first-order chi connectivity index (χ1) is 22.2. The van der Waals surface area contributed by atoms with Crippen LogP contribution in [0.15, 0.2) is 48.1 Å². The Kier molecular flexibility index (Phi) is 8.62. The SMILES string of the molecule is CC(C)[C@H](N)C(=O)N[C@@H](C)C(=O)Nc1ccc([C@@H]2O[C@@H]3C[C@H]4[C@@H]5CCC6=CC(=O)C=C[C@]6(C)C5[C@@H](O)C[C@]4(C)[C@]3(C(=O)CO)O2)cc1. The van der Waals surface area contributed by atoms with Crippen molar-refractivity contribution in [3.63, 3.8) is 0 Å². The van der Waals surface area contributed by atoms with Gasteiger partial charge in [-0.15, -0.1) is 0 Å². The molecule has 3 saturated carbocycles. The van der Waals surface area contributed by atoms with E-state index in [0.717, 1.165) is 18.4 Å². The summed E-state index contributed by atoms with van der Waals surface area (Å²) in [6, 6.07) is 5.35. The Morgan fingerprint density at radius 2 is 1.81 bits per heavy atom. The Bertz CT molecular complexity index is 1520. The van der Waals surface area contributed by atoms with E-state index in [-0.39, 0.29) is 29.5 Å². The molecule has 0 spiro atoms. The van der Waals surface area contributed by atoms with E-state index >= 15 is 0 Å². The number of hydrogen-bond acceptors (Lipinski definition) is 9. The van der Waals surface area contributed by atoms with Gasteiger partial charge in [0.2, 0.25) is 11.8 Å². The van der Waals surface area contributed by atoms with Crippen LogP contribution in [0.1, 0.15) is 72.2 Å². The number of carbonyl (C=O) groups excluding carboxylic acids is 4. The van der Waals surface area contributed by atoms with Crippen LogP contribution in [-0.2, 0) is 28.7 Å². The van der Waals surface area contributed by atoms with Gasteiger partial charge in [-0.05, 0) is 74.6 Å². The molecule has 6 N–H and O–H groups in total. The van der Waals surface area contributed by atoms with Gasteiger partial charge in [-0.25, -0.2) is 0 Å². The summed E-state index contributed by atoms with van der Waals surface area (Å²) in [6.45, 7) is 8.63. The number of Topliss-reactive ketones (excluding diaryl/α,β-unsaturated/α-hetero) is 1. The highest BCUT2D eigenvalue weighted by Crippen LogP contribution is 2.70. The van der Waals surface area contributed by atoms with Crippen molar-refractivity contribution in [2.75, 3.05) is 11.9 Å². The minimum absolute atomic E-state index is 0.00286. The van der Waals surface area contributed by atoms with Crippen molar-refractivity contribution < 1.29 is 38.9 Å². The van der Waals surface area contributed by atoms with Crippen LogP contribution in [0.3, 0.4) is 0 Å². The molecule has 47 heavy (non-hydrogen) atoms. The molecule has 1 aliphatic heterocycles. The van der Waals surface area contributed by atoms with E-state index in [4.69, 9.17) is 15.2 Å². The highest BCUT2D eigenvalue weighted by molar-refractivity contribution is 6.01. The number of hydrogen-bond donors (Lipinski definition) is 5. The highest BCUT2D eigenvalue weighted by Gasteiger charge is 2.75. The molecule has 1 aromatic carbocycles. The Morgan fingerprint density at radius 1 is 1.11 bits per heavy atom. The van der Waals surface area contributed by atoms with Crippen LogP contribution >= 0.6 is 0 Å². The minimum Gasteiger partial charge on any atom is -0.393 e. The Hall–Kier alpha value is -3.22. The second-order valence-electron chi connectivity index (χ2n) is 15.0. The number of carbonyl (C=O) groups is 4. The number of nitrogens with one attached hydrogen (secondary N) is 2. The third-order valence-electron chi connectivity index (χ3n) is 12.0. The Morgan fingerprint density at radius 3 is 2.47 bits per heavy atom. The molecule has 0 bridgehead atoms. The van der Waals surface area contributed by atoms with Gasteiger partial charge in [0.25, 0.3) is 0 Å². The topological polar surface area (TPSA) is 177 Å². The molecule has 0 aromatic heterocycles. The zero-order valence-electron chi connectivity index (χ0n) is 27.7. The molecule has 11 heteroatoms. The summed E-state index contributed by atoms with van der Waals surface area (Å²) in [5.74, 6) is -1.40. The maximum atomic E-state index is 13.8. The lowest BCUT2D eigenvalue weighted by Gasteiger charge is -2.59. The third-order valence-corrected chi connectivity index (χ3v) is 12.0. The Balaban J connectivity index is 1.20. The van der Waals surface area contributed by atoms with Crippen molar-refractivity contribution >= 4 is 29.1 Å². The van der Waals surface area contributed by atoms with Gasteiger partial charge in [0.1, 0.15) is 12.6 Å². The quantitative estimate of drug-likeness (QED) is 0.283. The van der Waals surface area contributed by atoms with Gasteiger partial charge in [-0.1, -0.05) is 51.5 Å². The molecule has 2 amide bonds. The van der Waals surface area contributed by atoms with E-state index in [0.29, 0.717) is 24.1 Å². The summed E-state index contributed by atoms with van der Waals surface area (Å²) >= 11 is 0. The molecule has 4 fully saturated rings. The number of nitrogens with two attached hydrogens (primary N) is 1. The van der Waals surface area contributed by atoms with Crippen molar-refractivity contribution in [1.29, 1.82) is 0 Å². The molecule has 6 rings (SSSR count). The van der Waals surface area contributed by atoms with Gasteiger partial charge in [0.15, 0.2) is 23.5 Å². The van der Waals surface area contributed by atoms with Crippen LogP contribution in [0.25, 0.3) is 0 Å². The molecule has 5 aliphatic rings. The Labute approximate surface area is 275 Å². The van der Waals surface area contributed by atoms with E-state index in [2.05, 4.69) is 17.6 Å². The summed E-state index contributed by atoms with van der Waals surface area (Å²) in [7, 11) is 0. The zero-order chi connectivity index (χ0) is 34.1. The van der Waals surface area contributed by atoms with Crippen LogP contribution in [0.4, 0.5) is 5.69 Å². The monoisotopic (exact) mass is 649 g/mol. The van der Waals surface area contributed by atoms with Crippen molar-refractivity contribution in [2.45, 2.75) is 96.5 Å². The lowest BCUT2D eigenvalue weighted by molar-refractivity contribution is -0.201. The lowest BCUT2D eigenvalue weighted by atomic mass is 9.46. The van der Waals surface area contributed by atoms with Gasteiger partial charge >= 0.3 is 0 Å². The van der Waals surface area contributed by atoms with Crippen molar-refractivity contribution in [3.8, 4) is 0 Å². The van der Waals surface area contributed by atoms with Gasteiger partial charge in [0, 0.05) is 28.0 Å². The van der Waals surface area contributed by atoms with Crippen LogP contribution in [0, 0.1) is 34.5 Å². The summed E-state index contributed by atoms with van der Waals surface area (Å²) < 4.78 is 13.2. The van der Waals surface area contributed by atoms with E-state index < -0.39 is 71.2 Å². The second-order valence-corrected chi connectivity index (χ2v) is 15.0. The van der Waals surface area contributed by atoms with Gasteiger partial charge in [-0.2, -0.15) is 0 Å². The fourth-order valence-corrected chi connectivity index (χ4v) is 9.49. The molecule has 0 radical (unpaired) electrons. The van der Waals surface area contributed by atoms with Crippen LogP contribution in [-0.4, -0.2) is 70.1 Å². The highest BCUT2D eigenvalue weighted by atomic mass is 16.7. The maximum Gasteiger partial charge on any atom is 0.246 e. The predicted octanol–water partition coefficient (Wildman–Crippen LogP) is 2.72. The zero-order valence-corrected chi connectivity index (χ0v) is 27.7. The molecular formula is C36H47N3O8. The molecule has 1 aromatic rings. The number of ketones is 2. The maximum absolute atomic E-state index is 13.8. The number of aliphatic hydroxyl groups excluding tert-OH is 2. The predicted molar refractivity (Wildman–Crippen MR) is 172 cm³/mol. The summed E-state index contributed by atoms with van der Waals surface area (Å²) in [4.78, 5) is 51.0. The number of fused-ring (bicyclic) bond motifs is 7. The van der Waals surface area contributed by atoms with Crippen LogP contribution < -0.4 is 16.4 Å². The van der Waals surface area contributed by atoms with Crippen LogP contribution in [0.5, 0.6) is 0 Å². The molecule has 1 unspecified atom stereocenters. The van der Waals surface area contributed by atoms with Gasteiger partial charge < -0.3 is 36.1 Å². The number of amides is 2. The van der Waals surface area contributed by atoms with Gasteiger partial charge in [0.05, 0.1) is 18.2 Å². The smallest absolute Gasteiger partial charge is 0.246 e. The first-order valence-corrected chi connectivity index (χ1v) is 16.7. The molecule has 4 aliphatic carbocycles. The largest absolute Gasteiger partial charge is 0.393 e. The van der Waals surface area contributed by atoms with Crippen molar-refractivity contribution in [3.05, 3.63) is 53.6 Å². The lowest BCUT2D eigenvalue weighted by Crippen LogP contribution is -2.63. The number of allylic oxidation sites excluding steroid dienone is 4. The van der Waals surface area contributed by atoms with E-state index in [9.17, 15) is 29.4 Å². The number of benzene rings is 1. The first-order valence-electron chi connectivity index (χ1n) is 16.7. The summed E-state index contributed by atoms with van der Waals surface area (Å²) in [5, 5.41) is 27.5. The number of ether oxygens (including phenoxy) is 2. The average molecular weight is 650 g/mol. The molecule has 11 nitrogen and oxygen atoms in total. The second kappa shape index (κ2) is 12.0. The standard InChI is InChI=1S/C36H47N3O8/c1-18(2)30(37)32(45)38-19(3)31(44)39-22-9-6-20(7-10-22)33-46-28-15-25-24-11-8-21-14-23(41)12-13-34(21,4)29(24)26(42)16-35(25,5)36(28,47-33)27(43)17-40/h6-7,9-10,12-14,18-19,24-26,28-30,33,40,42H,8,11,15-17,37H2,1-5H3,(H,38,45)(H,39,44)/t19-,24-,25-,26-,28+,29?,30-,33+,34-,35-,36+/m0/s1. The first kappa shape index (κ1) is 33.7. The summed E-state index contributed by atoms with van der Waals surface area (Å²) in [5.41, 5.74) is 5.38. The minimum atomic E-state index is -1.45. The van der Waals surface area contributed by atoms with E-state index in [1.165, 1.54) is 0 Å². The molecular weight excluding hydrogens is 602 g/mol. The van der Waals surface area contributed by atoms with E-state index in [1.807, 2.05) is 26.8 Å². The normalized spacial score (nSPS) is 38.4. The molecule has 1 saturated heterocycles. The molecule has 11 atom stereocenters. The molecule has 254 valence electrons. The van der Waals surface area contributed by atoms with Crippen molar-refractivity contribution in [1.82, 2.24) is 5.32 Å². The summed E-state index contributed by atoms with van der Waals surface area (Å²) in [6.07, 6.45) is 5.35. The van der Waals surface area contributed by atoms with Crippen LogP contribution in [0.2, 0.25) is 0 Å². The fraction of sp³-hybridized carbons (Fsp3) is 0.611. The van der Waals surface area contributed by atoms with Crippen molar-refractivity contribution in [2.24, 2.45) is 40.2 Å². The average Bonchev–Trinajstić information content (AvgIpc) is 3.53. The number of aliphatic hydroxyl groups is 2. The number of anilines is 1. The molecule has 1 heterocycles. The fourth-order valence-electron chi connectivity index (χ4n) is 9.49.